The van der Waals surface area contributed by atoms with E-state index in [1.54, 1.807) is 11.3 Å². The van der Waals surface area contributed by atoms with Gasteiger partial charge in [0.25, 0.3) is 0 Å². The number of likely N-dealkylation sites (tertiary alicyclic amines) is 1. The Morgan fingerprint density at radius 2 is 2.47 bits per heavy atom. The minimum Gasteiger partial charge on any atom is -0.396 e. The molecule has 0 saturated carbocycles. The van der Waals surface area contributed by atoms with Crippen molar-refractivity contribution in [1.82, 2.24) is 4.90 Å². The topological polar surface area (TPSA) is 40.5 Å². The van der Waals surface area contributed by atoms with Gasteiger partial charge in [0.2, 0.25) is 5.91 Å². The van der Waals surface area contributed by atoms with Crippen molar-refractivity contribution in [3.63, 3.8) is 0 Å². The first-order valence-corrected chi connectivity index (χ1v) is 7.08. The average molecular weight is 253 g/mol. The van der Waals surface area contributed by atoms with Gasteiger partial charge in [0.15, 0.2) is 0 Å². The number of hydrogen-bond donors (Lipinski definition) is 1. The Morgan fingerprint density at radius 3 is 3.18 bits per heavy atom. The highest BCUT2D eigenvalue weighted by atomic mass is 32.1. The average Bonchev–Trinajstić information content (AvgIpc) is 2.89. The van der Waals surface area contributed by atoms with Crippen molar-refractivity contribution < 1.29 is 9.90 Å². The van der Waals surface area contributed by atoms with Crippen molar-refractivity contribution in [2.45, 2.75) is 25.7 Å². The summed E-state index contributed by atoms with van der Waals surface area (Å²) in [5.74, 6) is 0.519. The van der Waals surface area contributed by atoms with Crippen LogP contribution in [0.15, 0.2) is 17.5 Å². The summed E-state index contributed by atoms with van der Waals surface area (Å²) in [5, 5.41) is 11.2. The smallest absolute Gasteiger partial charge is 0.222 e. The van der Waals surface area contributed by atoms with E-state index in [1.165, 1.54) is 4.88 Å². The summed E-state index contributed by atoms with van der Waals surface area (Å²) in [6.45, 7) is 1.80. The highest BCUT2D eigenvalue weighted by Gasteiger charge is 2.22. The zero-order valence-corrected chi connectivity index (χ0v) is 10.8. The first-order valence-electron chi connectivity index (χ1n) is 6.20. The molecule has 1 aliphatic rings. The number of carbonyl (C=O) groups is 1. The third-order valence-corrected chi connectivity index (χ3v) is 4.23. The first-order chi connectivity index (χ1) is 8.29. The maximum absolute atomic E-state index is 12.0. The Labute approximate surface area is 106 Å². The lowest BCUT2D eigenvalue weighted by atomic mass is 9.98. The maximum Gasteiger partial charge on any atom is 0.222 e. The summed E-state index contributed by atoms with van der Waals surface area (Å²) in [6, 6.07) is 4.10. The van der Waals surface area contributed by atoms with Gasteiger partial charge >= 0.3 is 0 Å². The van der Waals surface area contributed by atoms with Crippen LogP contribution in [-0.4, -0.2) is 35.6 Å². The van der Waals surface area contributed by atoms with Crippen LogP contribution in [0.2, 0.25) is 0 Å². The van der Waals surface area contributed by atoms with Crippen LogP contribution in [0.1, 0.15) is 24.1 Å². The fraction of sp³-hybridized carbons (Fsp3) is 0.615. The van der Waals surface area contributed by atoms with Gasteiger partial charge in [-0.1, -0.05) is 6.07 Å². The molecule has 1 N–H and O–H groups in total. The molecule has 3 nitrogen and oxygen atoms in total. The molecule has 4 heteroatoms. The van der Waals surface area contributed by atoms with Crippen LogP contribution in [0.4, 0.5) is 0 Å². The molecular formula is C13H19NO2S. The molecule has 1 fully saturated rings. The fourth-order valence-electron chi connectivity index (χ4n) is 2.28. The van der Waals surface area contributed by atoms with Crippen molar-refractivity contribution >= 4 is 17.2 Å². The highest BCUT2D eigenvalue weighted by molar-refractivity contribution is 7.09. The second-order valence-electron chi connectivity index (χ2n) is 4.61. The number of piperidine rings is 1. The number of nitrogens with zero attached hydrogens (tertiary/aromatic N) is 1. The van der Waals surface area contributed by atoms with Gasteiger partial charge in [0, 0.05) is 31.0 Å². The van der Waals surface area contributed by atoms with E-state index in [0.717, 1.165) is 32.4 Å². The summed E-state index contributed by atoms with van der Waals surface area (Å²) in [7, 11) is 0. The molecule has 1 saturated heterocycles. The summed E-state index contributed by atoms with van der Waals surface area (Å²) < 4.78 is 0. The molecule has 1 aliphatic heterocycles. The van der Waals surface area contributed by atoms with Gasteiger partial charge in [-0.25, -0.2) is 0 Å². The molecule has 0 bridgehead atoms. The number of amides is 1. The van der Waals surface area contributed by atoms with Gasteiger partial charge in [-0.3, -0.25) is 4.79 Å². The second kappa shape index (κ2) is 6.17. The normalized spacial score (nSPS) is 20.5. The third-order valence-electron chi connectivity index (χ3n) is 3.30. The Hall–Kier alpha value is -0.870. The van der Waals surface area contributed by atoms with Crippen LogP contribution >= 0.6 is 11.3 Å². The number of carbonyl (C=O) groups excluding carboxylic acids is 1. The Kier molecular flexibility index (Phi) is 4.57. The van der Waals surface area contributed by atoms with Crippen LogP contribution in [0.3, 0.4) is 0 Å². The molecule has 1 aromatic heterocycles. The summed E-state index contributed by atoms with van der Waals surface area (Å²) >= 11 is 1.71. The summed E-state index contributed by atoms with van der Waals surface area (Å²) in [4.78, 5) is 15.2. The van der Waals surface area contributed by atoms with E-state index < -0.39 is 0 Å². The lowest BCUT2D eigenvalue weighted by Gasteiger charge is -2.31. The minimum absolute atomic E-state index is 0.203. The second-order valence-corrected chi connectivity index (χ2v) is 5.64. The van der Waals surface area contributed by atoms with Crippen LogP contribution in [-0.2, 0) is 11.2 Å². The highest BCUT2D eigenvalue weighted by Crippen LogP contribution is 2.18. The molecule has 0 spiro atoms. The van der Waals surface area contributed by atoms with Crippen molar-refractivity contribution in [2.75, 3.05) is 19.7 Å². The number of aliphatic hydroxyl groups is 1. The first kappa shape index (κ1) is 12.6. The number of aliphatic hydroxyl groups excluding tert-OH is 1. The third kappa shape index (κ3) is 3.54. The van der Waals surface area contributed by atoms with Gasteiger partial charge < -0.3 is 10.0 Å². The monoisotopic (exact) mass is 253 g/mol. The number of rotatable bonds is 4. The standard InChI is InChI=1S/C13H19NO2S/c15-10-11-3-1-7-14(9-11)13(16)6-5-12-4-2-8-17-12/h2,4,8,11,15H,1,3,5-7,9-10H2/t11-/m0/s1. The van der Waals surface area contributed by atoms with E-state index in [9.17, 15) is 4.79 Å². The molecule has 0 aromatic carbocycles. The van der Waals surface area contributed by atoms with E-state index >= 15 is 0 Å². The van der Waals surface area contributed by atoms with Crippen molar-refractivity contribution in [3.05, 3.63) is 22.4 Å². The Morgan fingerprint density at radius 1 is 1.59 bits per heavy atom. The zero-order chi connectivity index (χ0) is 12.1. The van der Waals surface area contributed by atoms with Gasteiger partial charge in [0.1, 0.15) is 0 Å². The van der Waals surface area contributed by atoms with Crippen LogP contribution in [0, 0.1) is 5.92 Å². The van der Waals surface area contributed by atoms with Crippen molar-refractivity contribution in [1.29, 1.82) is 0 Å². The van der Waals surface area contributed by atoms with Crippen LogP contribution in [0.5, 0.6) is 0 Å². The molecule has 17 heavy (non-hydrogen) atoms. The van der Waals surface area contributed by atoms with Gasteiger partial charge in [-0.2, -0.15) is 0 Å². The van der Waals surface area contributed by atoms with Crippen LogP contribution < -0.4 is 0 Å². The summed E-state index contributed by atoms with van der Waals surface area (Å²) in [6.07, 6.45) is 3.51. The fourth-order valence-corrected chi connectivity index (χ4v) is 2.99. The molecular weight excluding hydrogens is 234 g/mol. The quantitative estimate of drug-likeness (QED) is 0.890. The van der Waals surface area contributed by atoms with Gasteiger partial charge in [-0.15, -0.1) is 11.3 Å². The lowest BCUT2D eigenvalue weighted by molar-refractivity contribution is -0.133. The molecule has 2 heterocycles. The predicted molar refractivity (Wildman–Crippen MR) is 69.0 cm³/mol. The van der Waals surface area contributed by atoms with Gasteiger partial charge in [-0.05, 0) is 36.6 Å². The van der Waals surface area contributed by atoms with E-state index in [4.69, 9.17) is 5.11 Å². The molecule has 1 aromatic rings. The molecule has 1 amide bonds. The number of aryl methyl sites for hydroxylation is 1. The van der Waals surface area contributed by atoms with Crippen molar-refractivity contribution in [2.24, 2.45) is 5.92 Å². The lowest BCUT2D eigenvalue weighted by Crippen LogP contribution is -2.41. The minimum atomic E-state index is 0.203. The van der Waals surface area contributed by atoms with E-state index in [2.05, 4.69) is 6.07 Å². The van der Waals surface area contributed by atoms with E-state index in [-0.39, 0.29) is 18.4 Å². The molecule has 0 aliphatic carbocycles. The Balaban J connectivity index is 1.79. The molecule has 0 radical (unpaired) electrons. The Bertz CT molecular complexity index is 350. The van der Waals surface area contributed by atoms with Crippen molar-refractivity contribution in [3.8, 4) is 0 Å². The summed E-state index contributed by atoms with van der Waals surface area (Å²) in [5.41, 5.74) is 0. The zero-order valence-electron chi connectivity index (χ0n) is 9.97. The molecule has 2 rings (SSSR count). The van der Waals surface area contributed by atoms with E-state index in [0.29, 0.717) is 6.42 Å². The van der Waals surface area contributed by atoms with Crippen LogP contribution in [0.25, 0.3) is 0 Å². The maximum atomic E-state index is 12.0. The molecule has 94 valence electrons. The molecule has 0 unspecified atom stereocenters. The largest absolute Gasteiger partial charge is 0.396 e. The number of thiophene rings is 1. The van der Waals surface area contributed by atoms with Gasteiger partial charge in [0.05, 0.1) is 0 Å². The predicted octanol–water partition coefficient (Wildman–Crippen LogP) is 1.91. The van der Waals surface area contributed by atoms with E-state index in [1.807, 2.05) is 16.3 Å². The SMILES string of the molecule is O=C(CCc1cccs1)N1CCC[C@H](CO)C1. The number of hydrogen-bond acceptors (Lipinski definition) is 3. The molecule has 1 atom stereocenters.